The molecule has 1 heterocycles. The fourth-order valence-electron chi connectivity index (χ4n) is 4.10. The molecule has 0 bridgehead atoms. The predicted molar refractivity (Wildman–Crippen MR) is 94.8 cm³/mol. The van der Waals surface area contributed by atoms with Crippen molar-refractivity contribution in [1.82, 2.24) is 4.90 Å². The smallest absolute Gasteiger partial charge is 0.273 e. The zero-order chi connectivity index (χ0) is 17.8. The fourth-order valence-corrected chi connectivity index (χ4v) is 4.10. The number of benzene rings is 1. The lowest BCUT2D eigenvalue weighted by Gasteiger charge is -2.44. The van der Waals surface area contributed by atoms with Crippen molar-refractivity contribution in [2.75, 3.05) is 13.2 Å². The molecule has 1 aromatic carbocycles. The van der Waals surface area contributed by atoms with Gasteiger partial charge in [-0.3, -0.25) is 14.9 Å². The van der Waals surface area contributed by atoms with Crippen molar-refractivity contribution < 1.29 is 14.5 Å². The molecule has 0 N–H and O–H groups in total. The summed E-state index contributed by atoms with van der Waals surface area (Å²) in [6, 6.07) is 4.51. The van der Waals surface area contributed by atoms with Gasteiger partial charge in [0.1, 0.15) is 12.4 Å². The van der Waals surface area contributed by atoms with Gasteiger partial charge < -0.3 is 9.64 Å². The molecule has 3 rings (SSSR count). The molecule has 6 nitrogen and oxygen atoms in total. The number of carbonyl (C=O) groups excluding carboxylic acids is 1. The summed E-state index contributed by atoms with van der Waals surface area (Å²) >= 11 is 0. The lowest BCUT2D eigenvalue weighted by atomic mass is 9.78. The van der Waals surface area contributed by atoms with E-state index in [-0.39, 0.29) is 30.0 Å². The molecule has 1 amide bonds. The van der Waals surface area contributed by atoms with E-state index in [4.69, 9.17) is 4.74 Å². The number of rotatable bonds is 5. The summed E-state index contributed by atoms with van der Waals surface area (Å²) in [4.78, 5) is 25.7. The molecule has 2 atom stereocenters. The molecular weight excluding hydrogens is 320 g/mol. The van der Waals surface area contributed by atoms with Crippen molar-refractivity contribution in [3.05, 3.63) is 46.5 Å². The minimum absolute atomic E-state index is 0.0782. The number of ether oxygens (including phenoxy) is 1. The van der Waals surface area contributed by atoms with Crippen LogP contribution in [-0.4, -0.2) is 34.9 Å². The van der Waals surface area contributed by atoms with Gasteiger partial charge >= 0.3 is 0 Å². The van der Waals surface area contributed by atoms with E-state index in [1.54, 1.807) is 6.08 Å². The number of carbonyl (C=O) groups is 1. The van der Waals surface area contributed by atoms with Crippen molar-refractivity contribution in [1.29, 1.82) is 0 Å². The number of nitro benzene ring substituents is 1. The lowest BCUT2D eigenvalue weighted by Crippen LogP contribution is -2.49. The number of nitro groups is 1. The fraction of sp³-hybridized carbons (Fsp3) is 0.526. The number of fused-ring (bicyclic) bond motifs is 1. The van der Waals surface area contributed by atoms with Crippen LogP contribution < -0.4 is 4.74 Å². The van der Waals surface area contributed by atoms with E-state index in [2.05, 4.69) is 6.58 Å². The minimum atomic E-state index is -0.479. The van der Waals surface area contributed by atoms with Gasteiger partial charge in [0, 0.05) is 18.7 Å². The Morgan fingerprint density at radius 1 is 1.32 bits per heavy atom. The van der Waals surface area contributed by atoms with E-state index >= 15 is 0 Å². The minimum Gasteiger partial charge on any atom is -0.488 e. The van der Waals surface area contributed by atoms with Crippen LogP contribution in [0.1, 0.15) is 48.9 Å². The lowest BCUT2D eigenvalue weighted by molar-refractivity contribution is -0.384. The van der Waals surface area contributed by atoms with Gasteiger partial charge in [-0.1, -0.05) is 25.5 Å². The Kier molecular flexibility index (Phi) is 5.36. The number of amides is 1. The third-order valence-electron chi connectivity index (χ3n) is 5.27. The summed E-state index contributed by atoms with van der Waals surface area (Å²) in [7, 11) is 0. The number of hydrogen-bond donors (Lipinski definition) is 0. The molecule has 2 aliphatic rings. The van der Waals surface area contributed by atoms with Gasteiger partial charge in [0.2, 0.25) is 0 Å². The number of likely N-dealkylation sites (tertiary alicyclic amines) is 1. The van der Waals surface area contributed by atoms with E-state index in [1.165, 1.54) is 37.5 Å². The summed E-state index contributed by atoms with van der Waals surface area (Å²) in [6.45, 7) is 4.55. The average Bonchev–Trinajstić information content (AvgIpc) is 2.65. The van der Waals surface area contributed by atoms with E-state index < -0.39 is 4.92 Å². The third kappa shape index (κ3) is 3.67. The van der Waals surface area contributed by atoms with Crippen LogP contribution in [0.4, 0.5) is 5.69 Å². The molecule has 0 unspecified atom stereocenters. The van der Waals surface area contributed by atoms with Crippen LogP contribution in [0.15, 0.2) is 30.9 Å². The summed E-state index contributed by atoms with van der Waals surface area (Å²) in [5.74, 6) is 0.768. The molecule has 2 fully saturated rings. The van der Waals surface area contributed by atoms with Crippen LogP contribution in [0.25, 0.3) is 0 Å². The normalized spacial score (nSPS) is 22.8. The topological polar surface area (TPSA) is 72.7 Å². The Hall–Kier alpha value is -2.37. The molecule has 0 spiro atoms. The molecular formula is C19H24N2O4. The van der Waals surface area contributed by atoms with E-state index in [0.717, 1.165) is 25.8 Å². The highest BCUT2D eigenvalue weighted by atomic mass is 16.6. The van der Waals surface area contributed by atoms with Crippen LogP contribution in [0.3, 0.4) is 0 Å². The monoisotopic (exact) mass is 344 g/mol. The first-order chi connectivity index (χ1) is 12.1. The molecule has 25 heavy (non-hydrogen) atoms. The number of hydrogen-bond acceptors (Lipinski definition) is 4. The van der Waals surface area contributed by atoms with Crippen molar-refractivity contribution in [2.24, 2.45) is 5.92 Å². The third-order valence-corrected chi connectivity index (χ3v) is 5.27. The molecule has 1 aliphatic heterocycles. The van der Waals surface area contributed by atoms with Gasteiger partial charge in [-0.2, -0.15) is 0 Å². The second-order valence-corrected chi connectivity index (χ2v) is 6.79. The highest BCUT2D eigenvalue weighted by molar-refractivity contribution is 5.97. The van der Waals surface area contributed by atoms with Crippen LogP contribution in [-0.2, 0) is 0 Å². The Morgan fingerprint density at radius 3 is 2.84 bits per heavy atom. The van der Waals surface area contributed by atoms with Crippen LogP contribution in [0.5, 0.6) is 5.75 Å². The standard InChI is InChI=1S/C19H24N2O4/c1-2-12-25-18-13-15(21(23)24)9-10-16(18)19(22)20-11-5-7-14-6-3-4-8-17(14)20/h2,9-10,13-14,17H,1,3-8,11-12H2/t14-,17+/m1/s1. The maximum Gasteiger partial charge on any atom is 0.273 e. The first-order valence-corrected chi connectivity index (χ1v) is 8.95. The van der Waals surface area contributed by atoms with Crippen LogP contribution in [0.2, 0.25) is 0 Å². The molecule has 1 aliphatic carbocycles. The van der Waals surface area contributed by atoms with E-state index in [0.29, 0.717) is 11.5 Å². The maximum atomic E-state index is 13.2. The predicted octanol–water partition coefficient (Wildman–Crippen LogP) is 3.95. The van der Waals surface area contributed by atoms with Gasteiger partial charge in [-0.05, 0) is 37.7 Å². The number of non-ortho nitro benzene ring substituents is 1. The summed E-state index contributed by atoms with van der Waals surface area (Å²) in [6.07, 6.45) is 8.41. The quantitative estimate of drug-likeness (QED) is 0.460. The van der Waals surface area contributed by atoms with Crippen molar-refractivity contribution in [2.45, 2.75) is 44.6 Å². The van der Waals surface area contributed by atoms with Gasteiger partial charge in [0.25, 0.3) is 11.6 Å². The van der Waals surface area contributed by atoms with Gasteiger partial charge in [-0.25, -0.2) is 0 Å². The maximum absolute atomic E-state index is 13.2. The highest BCUT2D eigenvalue weighted by Crippen LogP contribution is 2.37. The van der Waals surface area contributed by atoms with Crippen LogP contribution in [0, 0.1) is 16.0 Å². The summed E-state index contributed by atoms with van der Waals surface area (Å²) in [5, 5.41) is 11.0. The zero-order valence-corrected chi connectivity index (χ0v) is 14.4. The van der Waals surface area contributed by atoms with Crippen molar-refractivity contribution in [3.8, 4) is 5.75 Å². The average molecular weight is 344 g/mol. The number of nitrogens with zero attached hydrogens (tertiary/aromatic N) is 2. The molecule has 1 saturated heterocycles. The van der Waals surface area contributed by atoms with E-state index in [9.17, 15) is 14.9 Å². The first kappa shape index (κ1) is 17.5. The summed E-state index contributed by atoms with van der Waals surface area (Å²) in [5.41, 5.74) is 0.323. The number of piperidine rings is 1. The summed E-state index contributed by atoms with van der Waals surface area (Å²) < 4.78 is 5.56. The SMILES string of the molecule is C=CCOc1cc([N+](=O)[O-])ccc1C(=O)N1CCC[C@H]2CCCC[C@@H]21. The van der Waals surface area contributed by atoms with Gasteiger partial charge in [0.15, 0.2) is 0 Å². The zero-order valence-electron chi connectivity index (χ0n) is 14.4. The molecule has 0 radical (unpaired) electrons. The molecule has 1 aromatic rings. The largest absolute Gasteiger partial charge is 0.488 e. The van der Waals surface area contributed by atoms with Gasteiger partial charge in [-0.15, -0.1) is 0 Å². The Labute approximate surface area is 147 Å². The first-order valence-electron chi connectivity index (χ1n) is 8.95. The Balaban J connectivity index is 1.89. The highest BCUT2D eigenvalue weighted by Gasteiger charge is 2.36. The van der Waals surface area contributed by atoms with E-state index in [1.807, 2.05) is 4.90 Å². The molecule has 1 saturated carbocycles. The van der Waals surface area contributed by atoms with Crippen molar-refractivity contribution >= 4 is 11.6 Å². The van der Waals surface area contributed by atoms with Gasteiger partial charge in [0.05, 0.1) is 16.6 Å². The van der Waals surface area contributed by atoms with Crippen LogP contribution >= 0.6 is 0 Å². The molecule has 6 heteroatoms. The van der Waals surface area contributed by atoms with Crippen molar-refractivity contribution in [3.63, 3.8) is 0 Å². The second-order valence-electron chi connectivity index (χ2n) is 6.79. The molecule has 134 valence electrons. The Bertz CT molecular complexity index is 671. The second kappa shape index (κ2) is 7.68. The Morgan fingerprint density at radius 2 is 2.08 bits per heavy atom. The molecule has 0 aromatic heterocycles.